The lowest BCUT2D eigenvalue weighted by atomic mass is 10.2. The number of rotatable bonds is 0. The van der Waals surface area contributed by atoms with Gasteiger partial charge >= 0.3 is 0 Å². The van der Waals surface area contributed by atoms with Crippen LogP contribution in [-0.2, 0) is 5.75 Å². The van der Waals surface area contributed by atoms with Crippen LogP contribution in [0.25, 0.3) is 0 Å². The molecule has 0 radical (unpaired) electrons. The Labute approximate surface area is 93.5 Å². The summed E-state index contributed by atoms with van der Waals surface area (Å²) >= 11 is 1.89. The fraction of sp³-hybridized carbons (Fsp3) is 0.0769. The van der Waals surface area contributed by atoms with Crippen molar-refractivity contribution < 1.29 is 0 Å². The van der Waals surface area contributed by atoms with Crippen LogP contribution in [0.2, 0.25) is 0 Å². The Kier molecular flexibility index (Phi) is 2.14. The third-order valence-electron chi connectivity index (χ3n) is 2.56. The highest BCUT2D eigenvalue weighted by molar-refractivity contribution is 7.98. The molecule has 15 heavy (non-hydrogen) atoms. The van der Waals surface area contributed by atoms with Gasteiger partial charge < -0.3 is 5.32 Å². The summed E-state index contributed by atoms with van der Waals surface area (Å²) in [7, 11) is 0. The molecule has 0 aliphatic carbocycles. The lowest BCUT2D eigenvalue weighted by Crippen LogP contribution is -1.91. The third-order valence-corrected chi connectivity index (χ3v) is 3.68. The Morgan fingerprint density at radius 2 is 1.60 bits per heavy atom. The Morgan fingerprint density at radius 3 is 2.53 bits per heavy atom. The van der Waals surface area contributed by atoms with Gasteiger partial charge in [-0.3, -0.25) is 0 Å². The summed E-state index contributed by atoms with van der Waals surface area (Å²) < 4.78 is 0. The van der Waals surface area contributed by atoms with Crippen molar-refractivity contribution in [1.29, 1.82) is 0 Å². The minimum Gasteiger partial charge on any atom is -0.354 e. The maximum absolute atomic E-state index is 3.48. The first-order chi connectivity index (χ1) is 7.43. The lowest BCUT2D eigenvalue weighted by molar-refractivity contribution is 1.40. The van der Waals surface area contributed by atoms with Gasteiger partial charge in [-0.25, -0.2) is 0 Å². The normalized spacial score (nSPS) is 13.3. The molecular formula is C13H11NS. The molecule has 0 amide bonds. The van der Waals surface area contributed by atoms with E-state index >= 15 is 0 Å². The molecule has 1 aliphatic rings. The average Bonchev–Trinajstić information content (AvgIpc) is 2.48. The molecule has 0 bridgehead atoms. The summed E-state index contributed by atoms with van der Waals surface area (Å²) in [5, 5.41) is 3.48. The van der Waals surface area contributed by atoms with E-state index in [4.69, 9.17) is 0 Å². The van der Waals surface area contributed by atoms with Crippen molar-refractivity contribution in [2.75, 3.05) is 5.32 Å². The Hall–Kier alpha value is -1.41. The van der Waals surface area contributed by atoms with E-state index in [0.717, 1.165) is 5.75 Å². The number of para-hydroxylation sites is 2. The van der Waals surface area contributed by atoms with Gasteiger partial charge in [0, 0.05) is 16.3 Å². The van der Waals surface area contributed by atoms with Crippen molar-refractivity contribution in [3.05, 3.63) is 54.1 Å². The largest absolute Gasteiger partial charge is 0.354 e. The van der Waals surface area contributed by atoms with E-state index in [9.17, 15) is 0 Å². The fourth-order valence-electron chi connectivity index (χ4n) is 1.76. The van der Waals surface area contributed by atoms with Gasteiger partial charge in [0.05, 0.1) is 5.69 Å². The van der Waals surface area contributed by atoms with Gasteiger partial charge in [-0.1, -0.05) is 30.3 Å². The van der Waals surface area contributed by atoms with Crippen LogP contribution >= 0.6 is 11.8 Å². The number of benzene rings is 2. The minimum absolute atomic E-state index is 1.04. The zero-order valence-electron chi connectivity index (χ0n) is 8.23. The summed E-state index contributed by atoms with van der Waals surface area (Å²) in [6, 6.07) is 16.9. The molecular weight excluding hydrogens is 202 g/mol. The first kappa shape index (κ1) is 8.86. The highest BCUT2D eigenvalue weighted by Crippen LogP contribution is 2.37. The molecule has 2 aromatic carbocycles. The SMILES string of the molecule is c1ccc2c(c1)CSc1ccccc1N2. The second-order valence-electron chi connectivity index (χ2n) is 3.57. The summed E-state index contributed by atoms with van der Waals surface area (Å²) in [6.45, 7) is 0. The molecule has 3 rings (SSSR count). The molecule has 1 heterocycles. The van der Waals surface area contributed by atoms with Crippen LogP contribution < -0.4 is 5.32 Å². The minimum atomic E-state index is 1.04. The van der Waals surface area contributed by atoms with Crippen LogP contribution in [0, 0.1) is 0 Å². The van der Waals surface area contributed by atoms with Crippen LogP contribution in [0.1, 0.15) is 5.56 Å². The molecule has 0 aromatic heterocycles. The lowest BCUT2D eigenvalue weighted by Gasteiger charge is -2.07. The van der Waals surface area contributed by atoms with Crippen molar-refractivity contribution in [1.82, 2.24) is 0 Å². The molecule has 0 spiro atoms. The quantitative estimate of drug-likeness (QED) is 0.709. The molecule has 0 atom stereocenters. The summed E-state index contributed by atoms with van der Waals surface area (Å²) in [5.41, 5.74) is 3.82. The van der Waals surface area contributed by atoms with Gasteiger partial charge in [-0.15, -0.1) is 11.8 Å². The van der Waals surface area contributed by atoms with Crippen molar-refractivity contribution in [3.8, 4) is 0 Å². The van der Waals surface area contributed by atoms with E-state index in [2.05, 4.69) is 53.8 Å². The number of nitrogens with one attached hydrogen (secondary N) is 1. The fourth-order valence-corrected chi connectivity index (χ4v) is 2.78. The smallest absolute Gasteiger partial charge is 0.0522 e. The Morgan fingerprint density at radius 1 is 0.867 bits per heavy atom. The monoisotopic (exact) mass is 213 g/mol. The van der Waals surface area contributed by atoms with Crippen LogP contribution in [0.5, 0.6) is 0 Å². The van der Waals surface area contributed by atoms with E-state index in [1.54, 1.807) is 0 Å². The zero-order valence-corrected chi connectivity index (χ0v) is 9.05. The maximum atomic E-state index is 3.48. The molecule has 0 saturated carbocycles. The van der Waals surface area contributed by atoms with E-state index in [1.165, 1.54) is 21.8 Å². The standard InChI is InChI=1S/C13H11NS/c1-2-6-11-10(5-1)9-15-13-8-4-3-7-12(13)14-11/h1-8,14H,9H2. The van der Waals surface area contributed by atoms with Crippen LogP contribution in [0.15, 0.2) is 53.4 Å². The van der Waals surface area contributed by atoms with E-state index in [-0.39, 0.29) is 0 Å². The number of anilines is 2. The van der Waals surface area contributed by atoms with Gasteiger partial charge in [0.1, 0.15) is 0 Å². The Bertz CT molecular complexity index is 448. The topological polar surface area (TPSA) is 12.0 Å². The molecule has 2 aromatic rings. The van der Waals surface area contributed by atoms with Gasteiger partial charge in [0.2, 0.25) is 0 Å². The third kappa shape index (κ3) is 1.61. The first-order valence-corrected chi connectivity index (χ1v) is 5.99. The van der Waals surface area contributed by atoms with Gasteiger partial charge in [-0.05, 0) is 23.8 Å². The van der Waals surface area contributed by atoms with Crippen molar-refractivity contribution >= 4 is 23.1 Å². The summed E-state index contributed by atoms with van der Waals surface area (Å²) in [4.78, 5) is 1.33. The van der Waals surface area contributed by atoms with Gasteiger partial charge in [0.15, 0.2) is 0 Å². The molecule has 74 valence electrons. The zero-order chi connectivity index (χ0) is 10.1. The molecule has 0 unspecified atom stereocenters. The number of hydrogen-bond donors (Lipinski definition) is 1. The number of thioether (sulfide) groups is 1. The number of hydrogen-bond acceptors (Lipinski definition) is 2. The molecule has 0 fully saturated rings. The highest BCUT2D eigenvalue weighted by atomic mass is 32.2. The van der Waals surface area contributed by atoms with E-state index < -0.39 is 0 Å². The predicted molar refractivity (Wildman–Crippen MR) is 65.7 cm³/mol. The molecule has 1 nitrogen and oxygen atoms in total. The van der Waals surface area contributed by atoms with Gasteiger partial charge in [-0.2, -0.15) is 0 Å². The molecule has 1 aliphatic heterocycles. The second-order valence-corrected chi connectivity index (χ2v) is 4.58. The van der Waals surface area contributed by atoms with Crippen molar-refractivity contribution in [2.24, 2.45) is 0 Å². The van der Waals surface area contributed by atoms with Crippen LogP contribution in [-0.4, -0.2) is 0 Å². The van der Waals surface area contributed by atoms with Crippen molar-refractivity contribution in [2.45, 2.75) is 10.6 Å². The number of fused-ring (bicyclic) bond motifs is 2. The van der Waals surface area contributed by atoms with E-state index in [1.807, 2.05) is 11.8 Å². The molecule has 1 N–H and O–H groups in total. The molecule has 0 saturated heterocycles. The first-order valence-electron chi connectivity index (χ1n) is 5.00. The van der Waals surface area contributed by atoms with Crippen molar-refractivity contribution in [3.63, 3.8) is 0 Å². The van der Waals surface area contributed by atoms with Gasteiger partial charge in [0.25, 0.3) is 0 Å². The molecule has 2 heteroatoms. The second kappa shape index (κ2) is 3.63. The maximum Gasteiger partial charge on any atom is 0.0522 e. The summed E-state index contributed by atoms with van der Waals surface area (Å²) in [6.07, 6.45) is 0. The van der Waals surface area contributed by atoms with Crippen LogP contribution in [0.4, 0.5) is 11.4 Å². The van der Waals surface area contributed by atoms with Crippen LogP contribution in [0.3, 0.4) is 0 Å². The summed E-state index contributed by atoms with van der Waals surface area (Å²) in [5.74, 6) is 1.04. The Balaban J connectivity index is 2.10. The average molecular weight is 213 g/mol. The van der Waals surface area contributed by atoms with E-state index in [0.29, 0.717) is 0 Å². The predicted octanol–water partition coefficient (Wildman–Crippen LogP) is 4.04. The highest BCUT2D eigenvalue weighted by Gasteiger charge is 2.11.